The maximum Gasteiger partial charge on any atom is 0.265 e. The zero-order valence-electron chi connectivity index (χ0n) is 12.8. The summed E-state index contributed by atoms with van der Waals surface area (Å²) in [4.78, 5) is 15.5. The predicted molar refractivity (Wildman–Crippen MR) is 91.4 cm³/mol. The highest BCUT2D eigenvalue weighted by atomic mass is 32.2. The molecule has 0 unspecified atom stereocenters. The van der Waals surface area contributed by atoms with Crippen LogP contribution in [0.3, 0.4) is 0 Å². The molecule has 1 amide bonds. The van der Waals surface area contributed by atoms with Gasteiger partial charge in [0.05, 0.1) is 10.6 Å². The van der Waals surface area contributed by atoms with Crippen LogP contribution in [0, 0.1) is 11.8 Å². The second kappa shape index (κ2) is 5.72. The lowest BCUT2D eigenvalue weighted by Gasteiger charge is -2.18. The maximum absolute atomic E-state index is 12.2. The molecule has 1 aromatic heterocycles. The number of carbonyl (C=O) groups excluding carboxylic acids is 1. The summed E-state index contributed by atoms with van der Waals surface area (Å²) in [7, 11) is 3.54. The van der Waals surface area contributed by atoms with E-state index in [1.54, 1.807) is 30.8 Å². The third-order valence-electron chi connectivity index (χ3n) is 4.26. The molecule has 3 rings (SSSR count). The van der Waals surface area contributed by atoms with Crippen molar-refractivity contribution in [2.24, 2.45) is 11.8 Å². The van der Waals surface area contributed by atoms with Crippen LogP contribution in [0.2, 0.25) is 0 Å². The molecule has 21 heavy (non-hydrogen) atoms. The summed E-state index contributed by atoms with van der Waals surface area (Å²) in [6.07, 6.45) is 7.39. The first-order chi connectivity index (χ1) is 10.0. The number of amides is 1. The van der Waals surface area contributed by atoms with Crippen LogP contribution in [-0.2, 0) is 0 Å². The Hall–Kier alpha value is -0.880. The second-order valence-electron chi connectivity index (χ2n) is 6.25. The SMILES string of the molecule is CSc1c(NC(C2CC2)C2CC2)sc(C(=O)N(C)C)c1N. The first kappa shape index (κ1) is 15.0. The zero-order chi connectivity index (χ0) is 15.1. The average molecular weight is 326 g/mol. The van der Waals surface area contributed by atoms with E-state index >= 15 is 0 Å². The molecule has 0 spiro atoms. The molecule has 0 aromatic carbocycles. The van der Waals surface area contributed by atoms with Crippen LogP contribution in [0.5, 0.6) is 0 Å². The van der Waals surface area contributed by atoms with Gasteiger partial charge in [0, 0.05) is 20.1 Å². The molecule has 2 aliphatic carbocycles. The number of nitrogens with two attached hydrogens (primary N) is 1. The minimum absolute atomic E-state index is 0.00440. The summed E-state index contributed by atoms with van der Waals surface area (Å²) < 4.78 is 0. The van der Waals surface area contributed by atoms with Crippen molar-refractivity contribution in [1.29, 1.82) is 0 Å². The molecule has 1 heterocycles. The summed E-state index contributed by atoms with van der Waals surface area (Å²) in [5.41, 5.74) is 6.85. The van der Waals surface area contributed by atoms with Crippen molar-refractivity contribution in [3.05, 3.63) is 4.88 Å². The molecule has 0 bridgehead atoms. The lowest BCUT2D eigenvalue weighted by Crippen LogP contribution is -2.23. The second-order valence-corrected chi connectivity index (χ2v) is 8.09. The monoisotopic (exact) mass is 325 g/mol. The van der Waals surface area contributed by atoms with Crippen LogP contribution in [0.25, 0.3) is 0 Å². The first-order valence-corrected chi connectivity index (χ1v) is 9.51. The van der Waals surface area contributed by atoms with E-state index in [4.69, 9.17) is 5.73 Å². The zero-order valence-corrected chi connectivity index (χ0v) is 14.4. The number of thiophene rings is 1. The Kier molecular flexibility index (Phi) is 4.10. The Morgan fingerprint density at radius 1 is 1.33 bits per heavy atom. The van der Waals surface area contributed by atoms with Crippen LogP contribution in [-0.4, -0.2) is 37.2 Å². The predicted octanol–water partition coefficient (Wildman–Crippen LogP) is 3.35. The van der Waals surface area contributed by atoms with Gasteiger partial charge in [-0.1, -0.05) is 0 Å². The summed E-state index contributed by atoms with van der Waals surface area (Å²) in [6.45, 7) is 0. The van der Waals surface area contributed by atoms with Gasteiger partial charge in [-0.2, -0.15) is 0 Å². The van der Waals surface area contributed by atoms with Crippen LogP contribution >= 0.6 is 23.1 Å². The molecule has 2 fully saturated rings. The van der Waals surface area contributed by atoms with Gasteiger partial charge < -0.3 is 16.0 Å². The van der Waals surface area contributed by atoms with Gasteiger partial charge in [-0.05, 0) is 43.8 Å². The molecule has 3 N–H and O–H groups in total. The van der Waals surface area contributed by atoms with Crippen molar-refractivity contribution in [3.63, 3.8) is 0 Å². The topological polar surface area (TPSA) is 58.4 Å². The van der Waals surface area contributed by atoms with Gasteiger partial charge in [0.25, 0.3) is 5.91 Å². The van der Waals surface area contributed by atoms with Gasteiger partial charge in [-0.25, -0.2) is 0 Å². The number of nitrogen functional groups attached to an aromatic ring is 1. The Bertz CT molecular complexity index is 535. The lowest BCUT2D eigenvalue weighted by atomic mass is 10.1. The third kappa shape index (κ3) is 3.01. The molecule has 116 valence electrons. The fraction of sp³-hybridized carbons (Fsp3) is 0.667. The Morgan fingerprint density at radius 2 is 1.90 bits per heavy atom. The molecule has 1 aromatic rings. The van der Waals surface area contributed by atoms with Crippen molar-refractivity contribution in [1.82, 2.24) is 4.90 Å². The number of hydrogen-bond acceptors (Lipinski definition) is 5. The number of anilines is 2. The van der Waals surface area contributed by atoms with Crippen molar-refractivity contribution in [3.8, 4) is 0 Å². The van der Waals surface area contributed by atoms with Gasteiger partial charge in [-0.15, -0.1) is 23.1 Å². The van der Waals surface area contributed by atoms with E-state index in [1.807, 2.05) is 6.26 Å². The summed E-state index contributed by atoms with van der Waals surface area (Å²) >= 11 is 3.15. The summed E-state index contributed by atoms with van der Waals surface area (Å²) in [6, 6.07) is 0.580. The average Bonchev–Trinajstić information content (AvgIpc) is 3.34. The highest BCUT2D eigenvalue weighted by Crippen LogP contribution is 2.49. The van der Waals surface area contributed by atoms with Crippen molar-refractivity contribution < 1.29 is 4.79 Å². The molecule has 0 radical (unpaired) electrons. The molecule has 2 saturated carbocycles. The molecular formula is C15H23N3OS2. The highest BCUT2D eigenvalue weighted by Gasteiger charge is 2.42. The largest absolute Gasteiger partial charge is 0.396 e. The highest BCUT2D eigenvalue weighted by molar-refractivity contribution is 7.99. The van der Waals surface area contributed by atoms with Crippen LogP contribution < -0.4 is 11.1 Å². The van der Waals surface area contributed by atoms with Gasteiger partial charge in [-0.3, -0.25) is 4.79 Å². The van der Waals surface area contributed by atoms with Crippen LogP contribution in [0.4, 0.5) is 10.7 Å². The maximum atomic E-state index is 12.2. The Morgan fingerprint density at radius 3 is 2.33 bits per heavy atom. The van der Waals surface area contributed by atoms with Gasteiger partial charge in [0.15, 0.2) is 0 Å². The fourth-order valence-corrected chi connectivity index (χ4v) is 4.86. The first-order valence-electron chi connectivity index (χ1n) is 7.47. The van der Waals surface area contributed by atoms with E-state index in [9.17, 15) is 4.79 Å². The Labute approximate surface area is 134 Å². The van der Waals surface area contributed by atoms with Crippen molar-refractivity contribution >= 4 is 39.7 Å². The minimum Gasteiger partial charge on any atom is -0.396 e. The van der Waals surface area contributed by atoms with Gasteiger partial charge >= 0.3 is 0 Å². The molecule has 4 nitrogen and oxygen atoms in total. The quantitative estimate of drug-likeness (QED) is 0.788. The van der Waals surface area contributed by atoms with Gasteiger partial charge in [0.1, 0.15) is 9.88 Å². The number of hydrogen-bond donors (Lipinski definition) is 2. The molecule has 6 heteroatoms. The van der Waals surface area contributed by atoms with Gasteiger partial charge in [0.2, 0.25) is 0 Å². The third-order valence-corrected chi connectivity index (χ3v) is 6.35. The standard InChI is InChI=1S/C15H23N3OS2/c1-18(2)15(19)13-10(16)12(20-3)14(21-13)17-11(8-4-5-8)9-6-7-9/h8-9,11,17H,4-7,16H2,1-3H3. The van der Waals surface area contributed by atoms with Crippen LogP contribution in [0.1, 0.15) is 35.4 Å². The van der Waals surface area contributed by atoms with Crippen LogP contribution in [0.15, 0.2) is 4.90 Å². The van der Waals surface area contributed by atoms with E-state index in [0.717, 1.165) is 21.7 Å². The number of thioether (sulfide) groups is 1. The normalized spacial score (nSPS) is 18.1. The number of nitrogens with zero attached hydrogens (tertiary/aromatic N) is 1. The number of rotatable bonds is 6. The molecule has 0 saturated heterocycles. The van der Waals surface area contributed by atoms with Crippen molar-refractivity contribution in [2.45, 2.75) is 36.6 Å². The Balaban J connectivity index is 1.86. The lowest BCUT2D eigenvalue weighted by molar-refractivity contribution is 0.0833. The smallest absolute Gasteiger partial charge is 0.265 e. The summed E-state index contributed by atoms with van der Waals surface area (Å²) in [5, 5.41) is 4.82. The molecule has 0 atom stereocenters. The van der Waals surface area contributed by atoms with E-state index < -0.39 is 0 Å². The molecule has 2 aliphatic rings. The van der Waals surface area contributed by atoms with E-state index in [1.165, 1.54) is 37.0 Å². The summed E-state index contributed by atoms with van der Waals surface area (Å²) in [5.74, 6) is 1.64. The van der Waals surface area contributed by atoms with E-state index in [2.05, 4.69) is 5.32 Å². The van der Waals surface area contributed by atoms with Crippen molar-refractivity contribution in [2.75, 3.05) is 31.4 Å². The molecular weight excluding hydrogens is 302 g/mol. The van der Waals surface area contributed by atoms with E-state index in [0.29, 0.717) is 16.6 Å². The number of carbonyl (C=O) groups is 1. The minimum atomic E-state index is -0.00440. The van der Waals surface area contributed by atoms with E-state index in [-0.39, 0.29) is 5.91 Å². The fourth-order valence-electron chi connectivity index (χ4n) is 2.77. The number of nitrogens with one attached hydrogen (secondary N) is 1. The molecule has 0 aliphatic heterocycles.